The van der Waals surface area contributed by atoms with Crippen LogP contribution in [-0.2, 0) is 13.0 Å². The van der Waals surface area contributed by atoms with Crippen LogP contribution in [0.4, 0.5) is 4.39 Å². The van der Waals surface area contributed by atoms with E-state index in [0.29, 0.717) is 24.7 Å². The summed E-state index contributed by atoms with van der Waals surface area (Å²) in [7, 11) is 0. The van der Waals surface area contributed by atoms with Crippen molar-refractivity contribution in [3.8, 4) is 5.75 Å². The summed E-state index contributed by atoms with van der Waals surface area (Å²) in [5.41, 5.74) is 6.25. The quantitative estimate of drug-likeness (QED) is 0.873. The molecule has 0 fully saturated rings. The number of aromatic nitrogens is 2. The molecule has 0 unspecified atom stereocenters. The lowest BCUT2D eigenvalue weighted by Crippen LogP contribution is -2.03. The van der Waals surface area contributed by atoms with E-state index in [-0.39, 0.29) is 12.4 Å². The summed E-state index contributed by atoms with van der Waals surface area (Å²) < 4.78 is 24.0. The highest BCUT2D eigenvalue weighted by molar-refractivity contribution is 5.29. The molecule has 2 N–H and O–H groups in total. The minimum atomic E-state index is -0.419. The Morgan fingerprint density at radius 1 is 1.39 bits per heavy atom. The van der Waals surface area contributed by atoms with Gasteiger partial charge in [0.05, 0.1) is 0 Å². The molecule has 2 aromatic rings. The van der Waals surface area contributed by atoms with Crippen LogP contribution in [0.1, 0.15) is 17.3 Å². The Labute approximate surface area is 104 Å². The Balaban J connectivity index is 2.01. The molecular formula is C12H14FN3O2. The van der Waals surface area contributed by atoms with E-state index in [4.69, 9.17) is 14.9 Å². The van der Waals surface area contributed by atoms with Gasteiger partial charge in [0.2, 0.25) is 5.89 Å². The lowest BCUT2D eigenvalue weighted by Gasteiger charge is -2.06. The number of hydrogen-bond acceptors (Lipinski definition) is 5. The van der Waals surface area contributed by atoms with Gasteiger partial charge in [-0.25, -0.2) is 4.39 Å². The highest BCUT2D eigenvalue weighted by Crippen LogP contribution is 2.19. The van der Waals surface area contributed by atoms with Gasteiger partial charge in [-0.3, -0.25) is 0 Å². The zero-order valence-electron chi connectivity index (χ0n) is 10.0. The molecule has 0 atom stereocenters. The summed E-state index contributed by atoms with van der Waals surface area (Å²) in [5.74, 6) is 0.508. The third kappa shape index (κ3) is 3.04. The number of hydrogen-bond donors (Lipinski definition) is 1. The van der Waals surface area contributed by atoms with E-state index in [0.717, 1.165) is 5.56 Å². The number of halogens is 1. The van der Waals surface area contributed by atoms with Gasteiger partial charge in [-0.2, -0.15) is 0 Å². The molecule has 0 saturated carbocycles. The molecule has 0 saturated heterocycles. The van der Waals surface area contributed by atoms with E-state index in [1.807, 2.05) is 0 Å². The maximum Gasteiger partial charge on any atom is 0.253 e. The summed E-state index contributed by atoms with van der Waals surface area (Å²) in [6.45, 7) is 2.22. The van der Waals surface area contributed by atoms with Gasteiger partial charge in [0.25, 0.3) is 5.89 Å². The highest BCUT2D eigenvalue weighted by atomic mass is 19.1. The van der Waals surface area contributed by atoms with E-state index < -0.39 is 5.82 Å². The fraction of sp³-hybridized carbons (Fsp3) is 0.333. The number of nitrogens with two attached hydrogens (primary N) is 1. The third-order valence-electron chi connectivity index (χ3n) is 2.35. The predicted octanol–water partition coefficient (Wildman–Crippen LogP) is 1.60. The van der Waals surface area contributed by atoms with E-state index >= 15 is 0 Å². The van der Waals surface area contributed by atoms with Gasteiger partial charge in [-0.15, -0.1) is 10.2 Å². The van der Waals surface area contributed by atoms with Crippen LogP contribution in [0.25, 0.3) is 0 Å². The smallest absolute Gasteiger partial charge is 0.253 e. The lowest BCUT2D eigenvalue weighted by atomic mass is 10.1. The van der Waals surface area contributed by atoms with Crippen molar-refractivity contribution in [2.24, 2.45) is 5.73 Å². The molecule has 0 aliphatic rings. The molecule has 96 valence electrons. The van der Waals surface area contributed by atoms with Gasteiger partial charge in [0.1, 0.15) is 0 Å². The SMILES string of the molecule is Cc1nnc(COc2ccc(CCN)cc2F)o1. The van der Waals surface area contributed by atoms with Crippen LogP contribution in [0.5, 0.6) is 5.75 Å². The van der Waals surface area contributed by atoms with Crippen LogP contribution < -0.4 is 10.5 Å². The fourth-order valence-electron chi connectivity index (χ4n) is 1.52. The maximum absolute atomic E-state index is 13.6. The molecule has 18 heavy (non-hydrogen) atoms. The summed E-state index contributed by atoms with van der Waals surface area (Å²) in [6, 6.07) is 4.77. The number of rotatable bonds is 5. The van der Waals surface area contributed by atoms with Gasteiger partial charge < -0.3 is 14.9 Å². The average molecular weight is 251 g/mol. The Hall–Kier alpha value is -1.95. The Bertz CT molecular complexity index is 528. The number of aryl methyl sites for hydroxylation is 1. The molecule has 5 nitrogen and oxygen atoms in total. The second kappa shape index (κ2) is 5.59. The second-order valence-electron chi connectivity index (χ2n) is 3.81. The molecule has 6 heteroatoms. The van der Waals surface area contributed by atoms with Gasteiger partial charge in [0, 0.05) is 6.92 Å². The van der Waals surface area contributed by atoms with Gasteiger partial charge in [0.15, 0.2) is 18.2 Å². The molecule has 0 bridgehead atoms. The lowest BCUT2D eigenvalue weighted by molar-refractivity contribution is 0.249. The largest absolute Gasteiger partial charge is 0.481 e. The van der Waals surface area contributed by atoms with Crippen molar-refractivity contribution in [3.63, 3.8) is 0 Å². The summed E-state index contributed by atoms with van der Waals surface area (Å²) in [4.78, 5) is 0. The van der Waals surface area contributed by atoms with Crippen molar-refractivity contribution in [2.75, 3.05) is 6.54 Å². The van der Waals surface area contributed by atoms with Crippen LogP contribution in [0, 0.1) is 12.7 Å². The monoisotopic (exact) mass is 251 g/mol. The predicted molar refractivity (Wildman–Crippen MR) is 62.5 cm³/mol. The first-order valence-corrected chi connectivity index (χ1v) is 5.59. The zero-order chi connectivity index (χ0) is 13.0. The van der Waals surface area contributed by atoms with Crippen LogP contribution in [-0.4, -0.2) is 16.7 Å². The zero-order valence-corrected chi connectivity index (χ0v) is 10.0. The highest BCUT2D eigenvalue weighted by Gasteiger charge is 2.07. The minimum absolute atomic E-state index is 0.0496. The first kappa shape index (κ1) is 12.5. The van der Waals surface area contributed by atoms with Crippen LogP contribution in [0.15, 0.2) is 22.6 Å². The second-order valence-corrected chi connectivity index (χ2v) is 3.81. The first-order chi connectivity index (χ1) is 8.69. The molecule has 1 aromatic carbocycles. The number of nitrogens with zero attached hydrogens (tertiary/aromatic N) is 2. The molecule has 0 spiro atoms. The van der Waals surface area contributed by atoms with Crippen molar-refractivity contribution in [1.82, 2.24) is 10.2 Å². The average Bonchev–Trinajstić information content (AvgIpc) is 2.74. The third-order valence-corrected chi connectivity index (χ3v) is 2.35. The standard InChI is InChI=1S/C12H14FN3O2/c1-8-15-16-12(18-8)7-17-11-3-2-9(4-5-14)6-10(11)13/h2-3,6H,4-5,7,14H2,1H3. The Morgan fingerprint density at radius 2 is 2.22 bits per heavy atom. The van der Waals surface area contributed by atoms with Crippen molar-refractivity contribution < 1.29 is 13.5 Å². The van der Waals surface area contributed by atoms with E-state index in [9.17, 15) is 4.39 Å². The van der Waals surface area contributed by atoms with Gasteiger partial charge >= 0.3 is 0 Å². The first-order valence-electron chi connectivity index (χ1n) is 5.59. The molecule has 2 rings (SSSR count). The van der Waals surface area contributed by atoms with E-state index in [1.165, 1.54) is 6.07 Å². The van der Waals surface area contributed by atoms with Gasteiger partial charge in [-0.05, 0) is 30.7 Å². The van der Waals surface area contributed by atoms with Crippen molar-refractivity contribution in [1.29, 1.82) is 0 Å². The van der Waals surface area contributed by atoms with Crippen LogP contribution in [0.3, 0.4) is 0 Å². The molecule has 0 aliphatic heterocycles. The molecule has 0 aliphatic carbocycles. The number of benzene rings is 1. The summed E-state index contributed by atoms with van der Waals surface area (Å²) in [6.07, 6.45) is 0.639. The number of ether oxygens (including phenoxy) is 1. The van der Waals surface area contributed by atoms with E-state index in [2.05, 4.69) is 10.2 Å². The molecular weight excluding hydrogens is 237 g/mol. The maximum atomic E-state index is 13.6. The van der Waals surface area contributed by atoms with E-state index in [1.54, 1.807) is 19.1 Å². The van der Waals surface area contributed by atoms with Crippen LogP contribution in [0.2, 0.25) is 0 Å². The topological polar surface area (TPSA) is 74.2 Å². The minimum Gasteiger partial charge on any atom is -0.481 e. The molecule has 1 heterocycles. The van der Waals surface area contributed by atoms with Crippen molar-refractivity contribution >= 4 is 0 Å². The summed E-state index contributed by atoms with van der Waals surface area (Å²) >= 11 is 0. The molecule has 1 aromatic heterocycles. The Morgan fingerprint density at radius 3 is 2.83 bits per heavy atom. The fourth-order valence-corrected chi connectivity index (χ4v) is 1.52. The van der Waals surface area contributed by atoms with Gasteiger partial charge in [-0.1, -0.05) is 6.07 Å². The normalized spacial score (nSPS) is 10.6. The van der Waals surface area contributed by atoms with Crippen molar-refractivity contribution in [3.05, 3.63) is 41.4 Å². The van der Waals surface area contributed by atoms with Crippen LogP contribution >= 0.6 is 0 Å². The van der Waals surface area contributed by atoms with Crippen molar-refractivity contribution in [2.45, 2.75) is 20.0 Å². The summed E-state index contributed by atoms with van der Waals surface area (Å²) in [5, 5.41) is 7.41. The Kier molecular flexibility index (Phi) is 3.88. The molecule has 0 radical (unpaired) electrons. The molecule has 0 amide bonds.